The molecule has 0 spiro atoms. The number of nitrogens with zero attached hydrogens (tertiary/aromatic N) is 2. The topological polar surface area (TPSA) is 59.2 Å². The number of carbonyl (C=O) groups excluding carboxylic acids is 1. The number of carbonyl (C=O) groups is 1. The number of nitrogens with two attached hydrogens (primary N) is 1. The summed E-state index contributed by atoms with van der Waals surface area (Å²) in [5, 5.41) is 0. The lowest BCUT2D eigenvalue weighted by Crippen LogP contribution is -2.34. The van der Waals surface area contributed by atoms with E-state index < -0.39 is 0 Å². The van der Waals surface area contributed by atoms with E-state index in [1.807, 2.05) is 23.1 Å². The maximum Gasteiger partial charge on any atom is 0.222 e. The number of hydrogen-bond donors (Lipinski definition) is 1. The molecule has 0 aliphatic carbocycles. The average Bonchev–Trinajstić information content (AvgIpc) is 2.81. The van der Waals surface area contributed by atoms with E-state index in [0.29, 0.717) is 13.0 Å². The van der Waals surface area contributed by atoms with Gasteiger partial charge in [-0.2, -0.15) is 0 Å². The van der Waals surface area contributed by atoms with Crippen molar-refractivity contribution in [2.24, 2.45) is 11.1 Å². The van der Waals surface area contributed by atoms with Crippen molar-refractivity contribution in [2.75, 3.05) is 19.6 Å². The van der Waals surface area contributed by atoms with Gasteiger partial charge in [0.2, 0.25) is 5.91 Å². The highest BCUT2D eigenvalue weighted by Crippen LogP contribution is 2.28. The zero-order valence-corrected chi connectivity index (χ0v) is 10.9. The van der Waals surface area contributed by atoms with Crippen LogP contribution in [-0.2, 0) is 11.2 Å². The SMILES string of the molecule is CC1(CN)CCN(C(=O)CCc2ccccn2)C1. The van der Waals surface area contributed by atoms with Crippen molar-refractivity contribution in [3.63, 3.8) is 0 Å². The molecule has 1 aromatic rings. The quantitative estimate of drug-likeness (QED) is 0.870. The summed E-state index contributed by atoms with van der Waals surface area (Å²) in [5.41, 5.74) is 6.84. The minimum atomic E-state index is 0.112. The highest BCUT2D eigenvalue weighted by molar-refractivity contribution is 5.76. The molecule has 4 nitrogen and oxygen atoms in total. The molecule has 0 radical (unpaired) electrons. The first kappa shape index (κ1) is 13.0. The molecule has 4 heteroatoms. The Hall–Kier alpha value is -1.42. The molecule has 0 saturated carbocycles. The van der Waals surface area contributed by atoms with E-state index in [1.165, 1.54) is 0 Å². The number of aryl methyl sites for hydroxylation is 1. The summed E-state index contributed by atoms with van der Waals surface area (Å²) >= 11 is 0. The summed E-state index contributed by atoms with van der Waals surface area (Å²) in [5.74, 6) is 0.220. The molecule has 0 aromatic carbocycles. The van der Waals surface area contributed by atoms with E-state index >= 15 is 0 Å². The largest absolute Gasteiger partial charge is 0.342 e. The lowest BCUT2D eigenvalue weighted by atomic mass is 9.90. The molecular formula is C14H21N3O. The number of amides is 1. The van der Waals surface area contributed by atoms with Gasteiger partial charge in [0.1, 0.15) is 0 Å². The molecule has 1 amide bonds. The highest BCUT2D eigenvalue weighted by Gasteiger charge is 2.34. The fourth-order valence-electron chi connectivity index (χ4n) is 2.34. The van der Waals surface area contributed by atoms with Crippen LogP contribution in [0.25, 0.3) is 0 Å². The van der Waals surface area contributed by atoms with Gasteiger partial charge in [-0.05, 0) is 36.9 Å². The predicted octanol–water partition coefficient (Wildman–Crippen LogP) is 1.21. The monoisotopic (exact) mass is 247 g/mol. The van der Waals surface area contributed by atoms with Crippen molar-refractivity contribution in [3.05, 3.63) is 30.1 Å². The minimum absolute atomic E-state index is 0.112. The van der Waals surface area contributed by atoms with Gasteiger partial charge in [0, 0.05) is 31.4 Å². The van der Waals surface area contributed by atoms with Crippen LogP contribution in [0.3, 0.4) is 0 Å². The van der Waals surface area contributed by atoms with Crippen molar-refractivity contribution in [2.45, 2.75) is 26.2 Å². The summed E-state index contributed by atoms with van der Waals surface area (Å²) in [7, 11) is 0. The van der Waals surface area contributed by atoms with Gasteiger partial charge in [0.15, 0.2) is 0 Å². The molecule has 98 valence electrons. The Kier molecular flexibility index (Phi) is 3.97. The molecule has 1 aliphatic rings. The Bertz CT molecular complexity index is 407. The number of rotatable bonds is 4. The summed E-state index contributed by atoms with van der Waals surface area (Å²) in [6.45, 7) is 4.44. The molecule has 0 bridgehead atoms. The lowest BCUT2D eigenvalue weighted by molar-refractivity contribution is -0.130. The van der Waals surface area contributed by atoms with Crippen LogP contribution in [0.15, 0.2) is 24.4 Å². The van der Waals surface area contributed by atoms with Gasteiger partial charge in [0.25, 0.3) is 0 Å². The zero-order valence-electron chi connectivity index (χ0n) is 10.9. The molecule has 1 aliphatic heterocycles. The maximum atomic E-state index is 12.1. The Balaban J connectivity index is 1.83. The second kappa shape index (κ2) is 5.48. The smallest absolute Gasteiger partial charge is 0.222 e. The standard InChI is InChI=1S/C14H21N3O/c1-14(10-15)7-9-17(11-14)13(18)6-5-12-4-2-3-8-16-12/h2-4,8H,5-7,9-11,15H2,1H3. The van der Waals surface area contributed by atoms with E-state index in [-0.39, 0.29) is 11.3 Å². The van der Waals surface area contributed by atoms with Gasteiger partial charge in [-0.3, -0.25) is 9.78 Å². The van der Waals surface area contributed by atoms with Crippen LogP contribution in [0.5, 0.6) is 0 Å². The second-order valence-corrected chi connectivity index (χ2v) is 5.40. The van der Waals surface area contributed by atoms with Crippen molar-refractivity contribution < 1.29 is 4.79 Å². The first-order valence-corrected chi connectivity index (χ1v) is 6.51. The van der Waals surface area contributed by atoms with Crippen LogP contribution >= 0.6 is 0 Å². The molecule has 1 saturated heterocycles. The molecule has 1 unspecified atom stereocenters. The fourth-order valence-corrected chi connectivity index (χ4v) is 2.34. The van der Waals surface area contributed by atoms with E-state index in [4.69, 9.17) is 5.73 Å². The van der Waals surface area contributed by atoms with Crippen LogP contribution in [0.1, 0.15) is 25.5 Å². The van der Waals surface area contributed by atoms with Gasteiger partial charge >= 0.3 is 0 Å². The summed E-state index contributed by atoms with van der Waals surface area (Å²) < 4.78 is 0. The van der Waals surface area contributed by atoms with Crippen molar-refractivity contribution in [3.8, 4) is 0 Å². The number of hydrogen-bond acceptors (Lipinski definition) is 3. The Morgan fingerprint density at radius 2 is 2.39 bits per heavy atom. The van der Waals surface area contributed by atoms with Crippen LogP contribution in [0.4, 0.5) is 0 Å². The van der Waals surface area contributed by atoms with Gasteiger partial charge in [-0.15, -0.1) is 0 Å². The third-order valence-corrected chi connectivity index (χ3v) is 3.72. The average molecular weight is 247 g/mol. The Morgan fingerprint density at radius 3 is 3.00 bits per heavy atom. The van der Waals surface area contributed by atoms with Crippen molar-refractivity contribution >= 4 is 5.91 Å². The number of aromatic nitrogens is 1. The van der Waals surface area contributed by atoms with E-state index in [2.05, 4.69) is 11.9 Å². The Morgan fingerprint density at radius 1 is 1.56 bits per heavy atom. The molecule has 1 fully saturated rings. The van der Waals surface area contributed by atoms with Crippen LogP contribution in [0.2, 0.25) is 0 Å². The summed E-state index contributed by atoms with van der Waals surface area (Å²) in [6.07, 6.45) is 4.03. The van der Waals surface area contributed by atoms with Crippen LogP contribution < -0.4 is 5.73 Å². The zero-order chi connectivity index (χ0) is 13.0. The molecule has 2 N–H and O–H groups in total. The molecule has 2 heterocycles. The fraction of sp³-hybridized carbons (Fsp3) is 0.571. The third kappa shape index (κ3) is 3.07. The summed E-state index contributed by atoms with van der Waals surface area (Å²) in [4.78, 5) is 18.3. The van der Waals surface area contributed by atoms with Gasteiger partial charge in [-0.1, -0.05) is 13.0 Å². The highest BCUT2D eigenvalue weighted by atomic mass is 16.2. The normalized spacial score (nSPS) is 23.3. The van der Waals surface area contributed by atoms with Gasteiger partial charge in [-0.25, -0.2) is 0 Å². The summed E-state index contributed by atoms with van der Waals surface area (Å²) in [6, 6.07) is 5.80. The minimum Gasteiger partial charge on any atom is -0.342 e. The van der Waals surface area contributed by atoms with E-state index in [1.54, 1.807) is 6.20 Å². The van der Waals surface area contributed by atoms with Gasteiger partial charge < -0.3 is 10.6 Å². The predicted molar refractivity (Wildman–Crippen MR) is 70.9 cm³/mol. The van der Waals surface area contributed by atoms with Crippen LogP contribution in [0, 0.1) is 5.41 Å². The molecule has 1 atom stereocenters. The van der Waals surface area contributed by atoms with Crippen molar-refractivity contribution in [1.82, 2.24) is 9.88 Å². The molecule has 1 aromatic heterocycles. The first-order chi connectivity index (χ1) is 8.63. The van der Waals surface area contributed by atoms with E-state index in [0.717, 1.165) is 31.6 Å². The first-order valence-electron chi connectivity index (χ1n) is 6.51. The number of pyridine rings is 1. The molecule has 2 rings (SSSR count). The number of likely N-dealkylation sites (tertiary alicyclic amines) is 1. The molecular weight excluding hydrogens is 226 g/mol. The third-order valence-electron chi connectivity index (χ3n) is 3.72. The van der Waals surface area contributed by atoms with E-state index in [9.17, 15) is 4.79 Å². The Labute approximate surface area is 108 Å². The lowest BCUT2D eigenvalue weighted by Gasteiger charge is -2.22. The van der Waals surface area contributed by atoms with Crippen molar-refractivity contribution in [1.29, 1.82) is 0 Å². The maximum absolute atomic E-state index is 12.1. The van der Waals surface area contributed by atoms with Crippen LogP contribution in [-0.4, -0.2) is 35.4 Å². The second-order valence-electron chi connectivity index (χ2n) is 5.40. The molecule has 18 heavy (non-hydrogen) atoms. The van der Waals surface area contributed by atoms with Gasteiger partial charge in [0.05, 0.1) is 0 Å².